The maximum atomic E-state index is 4.48. The minimum atomic E-state index is 0.492. The first-order valence-electron chi connectivity index (χ1n) is 5.70. The van der Waals surface area contributed by atoms with Crippen molar-refractivity contribution in [1.82, 2.24) is 4.98 Å². The zero-order valence-electron chi connectivity index (χ0n) is 10.1. The zero-order valence-corrected chi connectivity index (χ0v) is 10.1. The van der Waals surface area contributed by atoms with Crippen LogP contribution in [0.2, 0.25) is 0 Å². The standard InChI is InChI=1S/C15H17N/c1-11(2)15-8-7-14(10-16-15)13-6-4-5-12(3)9-13/h4-11H,1-3H3. The second-order valence-electron chi connectivity index (χ2n) is 4.50. The van der Waals surface area contributed by atoms with Crippen molar-refractivity contribution in [3.63, 3.8) is 0 Å². The minimum absolute atomic E-state index is 0.492. The van der Waals surface area contributed by atoms with Crippen LogP contribution in [-0.4, -0.2) is 4.98 Å². The van der Waals surface area contributed by atoms with Crippen molar-refractivity contribution in [2.75, 3.05) is 0 Å². The highest BCUT2D eigenvalue weighted by Crippen LogP contribution is 2.21. The molecule has 0 unspecified atom stereocenters. The Bertz CT molecular complexity index is 469. The lowest BCUT2D eigenvalue weighted by atomic mass is 10.0. The van der Waals surface area contributed by atoms with Crippen LogP contribution in [0.5, 0.6) is 0 Å². The molecule has 1 aromatic carbocycles. The molecule has 0 N–H and O–H groups in total. The van der Waals surface area contributed by atoms with Crippen molar-refractivity contribution < 1.29 is 0 Å². The number of rotatable bonds is 2. The van der Waals surface area contributed by atoms with Gasteiger partial charge in [0, 0.05) is 17.5 Å². The summed E-state index contributed by atoms with van der Waals surface area (Å²) >= 11 is 0. The van der Waals surface area contributed by atoms with Crippen LogP contribution in [0.15, 0.2) is 42.6 Å². The highest BCUT2D eigenvalue weighted by molar-refractivity contribution is 5.63. The van der Waals surface area contributed by atoms with E-state index in [1.807, 2.05) is 6.20 Å². The number of nitrogens with zero attached hydrogens (tertiary/aromatic N) is 1. The van der Waals surface area contributed by atoms with Crippen molar-refractivity contribution in [2.45, 2.75) is 26.7 Å². The molecule has 1 heterocycles. The van der Waals surface area contributed by atoms with Crippen LogP contribution in [0, 0.1) is 6.92 Å². The maximum absolute atomic E-state index is 4.48. The molecule has 1 nitrogen and oxygen atoms in total. The van der Waals surface area contributed by atoms with Gasteiger partial charge in [0.25, 0.3) is 0 Å². The van der Waals surface area contributed by atoms with Crippen LogP contribution >= 0.6 is 0 Å². The highest BCUT2D eigenvalue weighted by atomic mass is 14.7. The lowest BCUT2D eigenvalue weighted by Crippen LogP contribution is -1.91. The second kappa shape index (κ2) is 4.48. The fourth-order valence-corrected chi connectivity index (χ4v) is 1.74. The molecule has 82 valence electrons. The van der Waals surface area contributed by atoms with E-state index in [0.717, 1.165) is 5.69 Å². The lowest BCUT2D eigenvalue weighted by molar-refractivity contribution is 0.823. The molecule has 16 heavy (non-hydrogen) atoms. The third-order valence-electron chi connectivity index (χ3n) is 2.73. The molecule has 2 rings (SSSR count). The summed E-state index contributed by atoms with van der Waals surface area (Å²) in [6.07, 6.45) is 1.96. The lowest BCUT2D eigenvalue weighted by Gasteiger charge is -2.06. The van der Waals surface area contributed by atoms with E-state index in [0.29, 0.717) is 5.92 Å². The number of hydrogen-bond acceptors (Lipinski definition) is 1. The fourth-order valence-electron chi connectivity index (χ4n) is 1.74. The monoisotopic (exact) mass is 211 g/mol. The van der Waals surface area contributed by atoms with Gasteiger partial charge in [-0.05, 0) is 24.5 Å². The molecule has 0 fully saturated rings. The first-order chi connectivity index (χ1) is 7.66. The molecule has 0 atom stereocenters. The van der Waals surface area contributed by atoms with Gasteiger partial charge >= 0.3 is 0 Å². The van der Waals surface area contributed by atoms with Crippen LogP contribution < -0.4 is 0 Å². The van der Waals surface area contributed by atoms with Gasteiger partial charge < -0.3 is 0 Å². The van der Waals surface area contributed by atoms with Crippen LogP contribution in [-0.2, 0) is 0 Å². The molecule has 2 aromatic rings. The van der Waals surface area contributed by atoms with Gasteiger partial charge in [-0.1, -0.05) is 49.7 Å². The Hall–Kier alpha value is -1.63. The predicted molar refractivity (Wildman–Crippen MR) is 68.5 cm³/mol. The average molecular weight is 211 g/mol. The van der Waals surface area contributed by atoms with E-state index in [-0.39, 0.29) is 0 Å². The smallest absolute Gasteiger partial charge is 0.0429 e. The van der Waals surface area contributed by atoms with Crippen molar-refractivity contribution in [1.29, 1.82) is 0 Å². The van der Waals surface area contributed by atoms with E-state index < -0.39 is 0 Å². The number of pyridine rings is 1. The molecule has 1 aromatic heterocycles. The highest BCUT2D eigenvalue weighted by Gasteiger charge is 2.02. The van der Waals surface area contributed by atoms with Gasteiger partial charge in [-0.2, -0.15) is 0 Å². The third-order valence-corrected chi connectivity index (χ3v) is 2.73. The molecule has 0 saturated carbocycles. The van der Waals surface area contributed by atoms with E-state index in [2.05, 4.69) is 62.2 Å². The van der Waals surface area contributed by atoms with E-state index in [1.54, 1.807) is 0 Å². The molecule has 0 spiro atoms. The molecular formula is C15H17N. The van der Waals surface area contributed by atoms with Crippen LogP contribution in [0.4, 0.5) is 0 Å². The van der Waals surface area contributed by atoms with E-state index >= 15 is 0 Å². The van der Waals surface area contributed by atoms with Gasteiger partial charge in [0.15, 0.2) is 0 Å². The zero-order chi connectivity index (χ0) is 11.5. The Morgan fingerprint density at radius 1 is 1.00 bits per heavy atom. The van der Waals surface area contributed by atoms with Crippen LogP contribution in [0.1, 0.15) is 31.0 Å². The van der Waals surface area contributed by atoms with Gasteiger partial charge in [-0.15, -0.1) is 0 Å². The molecule has 1 heteroatoms. The fraction of sp³-hybridized carbons (Fsp3) is 0.267. The molecule has 0 aliphatic heterocycles. The number of hydrogen-bond donors (Lipinski definition) is 0. The molecule has 0 aliphatic rings. The van der Waals surface area contributed by atoms with Gasteiger partial charge in [-0.25, -0.2) is 0 Å². The van der Waals surface area contributed by atoms with Crippen LogP contribution in [0.25, 0.3) is 11.1 Å². The molecule has 0 saturated heterocycles. The summed E-state index contributed by atoms with van der Waals surface area (Å²) in [6, 6.07) is 12.8. The summed E-state index contributed by atoms with van der Waals surface area (Å²) in [7, 11) is 0. The Morgan fingerprint density at radius 3 is 2.38 bits per heavy atom. The van der Waals surface area contributed by atoms with Crippen molar-refractivity contribution >= 4 is 0 Å². The third kappa shape index (κ3) is 2.30. The average Bonchev–Trinajstić information content (AvgIpc) is 2.29. The van der Waals surface area contributed by atoms with E-state index in [1.165, 1.54) is 16.7 Å². The Labute approximate surface area is 97.2 Å². The Balaban J connectivity index is 2.35. The first kappa shape index (κ1) is 10.9. The molecule has 0 bridgehead atoms. The summed E-state index contributed by atoms with van der Waals surface area (Å²) in [6.45, 7) is 6.43. The van der Waals surface area contributed by atoms with Crippen LogP contribution in [0.3, 0.4) is 0 Å². The second-order valence-corrected chi connectivity index (χ2v) is 4.50. The summed E-state index contributed by atoms with van der Waals surface area (Å²) in [5, 5.41) is 0. The molecule has 0 radical (unpaired) electrons. The number of aromatic nitrogens is 1. The molecule has 0 aliphatic carbocycles. The SMILES string of the molecule is Cc1cccc(-c2ccc(C(C)C)nc2)c1. The van der Waals surface area contributed by atoms with E-state index in [4.69, 9.17) is 0 Å². The first-order valence-corrected chi connectivity index (χ1v) is 5.70. The normalized spacial score (nSPS) is 10.8. The van der Waals surface area contributed by atoms with Gasteiger partial charge in [-0.3, -0.25) is 4.98 Å². The molecule has 0 amide bonds. The summed E-state index contributed by atoms with van der Waals surface area (Å²) in [5.74, 6) is 0.492. The minimum Gasteiger partial charge on any atom is -0.260 e. The molecular weight excluding hydrogens is 194 g/mol. The Kier molecular flexibility index (Phi) is 3.04. The maximum Gasteiger partial charge on any atom is 0.0429 e. The largest absolute Gasteiger partial charge is 0.260 e. The predicted octanol–water partition coefficient (Wildman–Crippen LogP) is 4.18. The quantitative estimate of drug-likeness (QED) is 0.726. The summed E-state index contributed by atoms with van der Waals surface area (Å²) in [5.41, 5.74) is 4.86. The van der Waals surface area contributed by atoms with Gasteiger partial charge in [0.05, 0.1) is 0 Å². The van der Waals surface area contributed by atoms with Gasteiger partial charge in [0.2, 0.25) is 0 Å². The van der Waals surface area contributed by atoms with Gasteiger partial charge in [0.1, 0.15) is 0 Å². The summed E-state index contributed by atoms with van der Waals surface area (Å²) in [4.78, 5) is 4.48. The van der Waals surface area contributed by atoms with Crippen molar-refractivity contribution in [3.8, 4) is 11.1 Å². The summed E-state index contributed by atoms with van der Waals surface area (Å²) < 4.78 is 0. The van der Waals surface area contributed by atoms with Crippen molar-refractivity contribution in [3.05, 3.63) is 53.9 Å². The van der Waals surface area contributed by atoms with Crippen molar-refractivity contribution in [2.24, 2.45) is 0 Å². The number of aryl methyl sites for hydroxylation is 1. The Morgan fingerprint density at radius 2 is 1.81 bits per heavy atom. The van der Waals surface area contributed by atoms with E-state index in [9.17, 15) is 0 Å². The number of benzene rings is 1. The topological polar surface area (TPSA) is 12.9 Å².